The highest BCUT2D eigenvalue weighted by Gasteiger charge is 2.14. The number of hydrogen-bond donors (Lipinski definition) is 2. The summed E-state index contributed by atoms with van der Waals surface area (Å²) in [4.78, 5) is 11.3. The second-order valence-electron chi connectivity index (χ2n) is 5.48. The van der Waals surface area contributed by atoms with Crippen LogP contribution in [-0.2, 0) is 12.8 Å². The van der Waals surface area contributed by atoms with Crippen LogP contribution in [0.3, 0.4) is 0 Å². The summed E-state index contributed by atoms with van der Waals surface area (Å²) in [5, 5.41) is 8.77. The van der Waals surface area contributed by atoms with E-state index in [1.165, 1.54) is 5.56 Å². The topological polar surface area (TPSA) is 94.9 Å². The van der Waals surface area contributed by atoms with Gasteiger partial charge in [-0.15, -0.1) is 10.2 Å². The Labute approximate surface area is 134 Å². The third kappa shape index (κ3) is 3.13. The molecule has 0 saturated heterocycles. The molecule has 1 amide bonds. The Morgan fingerprint density at radius 1 is 0.957 bits per heavy atom. The molecular weight excluding hydrogens is 288 g/mol. The van der Waals surface area contributed by atoms with Crippen LogP contribution in [0.4, 0.5) is 5.69 Å². The summed E-state index contributed by atoms with van der Waals surface area (Å²) < 4.78 is 0. The second-order valence-corrected chi connectivity index (χ2v) is 5.48. The van der Waals surface area contributed by atoms with E-state index in [1.54, 1.807) is 0 Å². The normalized spacial score (nSPS) is 10.8. The van der Waals surface area contributed by atoms with Crippen LogP contribution in [0.5, 0.6) is 0 Å². The van der Waals surface area contributed by atoms with Gasteiger partial charge in [0.2, 0.25) is 0 Å². The molecule has 0 aliphatic rings. The minimum Gasteiger partial charge on any atom is -0.396 e. The van der Waals surface area contributed by atoms with Crippen LogP contribution >= 0.6 is 0 Å². The van der Waals surface area contributed by atoms with E-state index in [2.05, 4.69) is 22.3 Å². The molecule has 0 saturated carbocycles. The van der Waals surface area contributed by atoms with Gasteiger partial charge < -0.3 is 11.5 Å². The number of anilines is 1. The Balaban J connectivity index is 1.84. The molecule has 0 aliphatic heterocycles. The SMILES string of the molecule is NC(=O)c1nnc2c(CCCc3ccccc3)cccc2c1N. The number of fused-ring (bicyclic) bond motifs is 1. The summed E-state index contributed by atoms with van der Waals surface area (Å²) >= 11 is 0. The van der Waals surface area contributed by atoms with Crippen LogP contribution in [0, 0.1) is 0 Å². The van der Waals surface area contributed by atoms with Crippen molar-refractivity contribution in [1.82, 2.24) is 10.2 Å². The van der Waals surface area contributed by atoms with Crippen molar-refractivity contribution in [2.24, 2.45) is 5.73 Å². The Bertz CT molecular complexity index is 846. The van der Waals surface area contributed by atoms with Crippen molar-refractivity contribution in [3.63, 3.8) is 0 Å². The van der Waals surface area contributed by atoms with Crippen LogP contribution in [0.25, 0.3) is 10.9 Å². The molecule has 5 nitrogen and oxygen atoms in total. The molecule has 4 N–H and O–H groups in total. The number of amides is 1. The molecule has 0 radical (unpaired) electrons. The molecule has 23 heavy (non-hydrogen) atoms. The first-order valence-corrected chi connectivity index (χ1v) is 7.54. The highest BCUT2D eigenvalue weighted by molar-refractivity contribution is 6.04. The quantitative estimate of drug-likeness (QED) is 0.757. The number of carbonyl (C=O) groups is 1. The molecule has 0 aliphatic carbocycles. The lowest BCUT2D eigenvalue weighted by molar-refractivity contribution is 0.0996. The molecule has 0 unspecified atom stereocenters. The lowest BCUT2D eigenvalue weighted by Crippen LogP contribution is -2.17. The molecule has 0 atom stereocenters. The lowest BCUT2D eigenvalue weighted by Gasteiger charge is -2.09. The fourth-order valence-corrected chi connectivity index (χ4v) is 2.72. The number of benzene rings is 2. The molecular formula is C18H18N4O. The molecule has 1 aromatic heterocycles. The van der Waals surface area contributed by atoms with Crippen molar-refractivity contribution in [1.29, 1.82) is 0 Å². The van der Waals surface area contributed by atoms with Gasteiger partial charge >= 0.3 is 0 Å². The lowest BCUT2D eigenvalue weighted by atomic mass is 10.0. The van der Waals surface area contributed by atoms with E-state index in [0.29, 0.717) is 5.69 Å². The average molecular weight is 306 g/mol. The third-order valence-electron chi connectivity index (χ3n) is 3.90. The molecule has 1 heterocycles. The van der Waals surface area contributed by atoms with Gasteiger partial charge in [0, 0.05) is 5.39 Å². The maximum Gasteiger partial charge on any atom is 0.271 e. The fourth-order valence-electron chi connectivity index (χ4n) is 2.72. The highest BCUT2D eigenvalue weighted by Crippen LogP contribution is 2.24. The average Bonchev–Trinajstić information content (AvgIpc) is 2.56. The predicted octanol–water partition coefficient (Wildman–Crippen LogP) is 2.49. The van der Waals surface area contributed by atoms with E-state index in [0.717, 1.165) is 35.7 Å². The third-order valence-corrected chi connectivity index (χ3v) is 3.90. The minimum absolute atomic E-state index is 0.0268. The number of hydrogen-bond acceptors (Lipinski definition) is 4. The molecule has 0 bridgehead atoms. The number of carbonyl (C=O) groups excluding carboxylic acids is 1. The van der Waals surface area contributed by atoms with E-state index in [4.69, 9.17) is 11.5 Å². The molecule has 5 heteroatoms. The van der Waals surface area contributed by atoms with Crippen LogP contribution in [0.1, 0.15) is 28.0 Å². The van der Waals surface area contributed by atoms with Crippen molar-refractivity contribution >= 4 is 22.5 Å². The van der Waals surface area contributed by atoms with E-state index < -0.39 is 5.91 Å². The Hall–Kier alpha value is -2.95. The summed E-state index contributed by atoms with van der Waals surface area (Å²) in [6.45, 7) is 0. The van der Waals surface area contributed by atoms with Crippen molar-refractivity contribution in [3.05, 3.63) is 65.4 Å². The van der Waals surface area contributed by atoms with Gasteiger partial charge in [0.25, 0.3) is 5.91 Å². The summed E-state index contributed by atoms with van der Waals surface area (Å²) in [5.74, 6) is -0.661. The Morgan fingerprint density at radius 3 is 2.48 bits per heavy atom. The Morgan fingerprint density at radius 2 is 1.74 bits per heavy atom. The van der Waals surface area contributed by atoms with Crippen LogP contribution in [-0.4, -0.2) is 16.1 Å². The fraction of sp³-hybridized carbons (Fsp3) is 0.167. The molecule has 2 aromatic carbocycles. The standard InChI is InChI=1S/C18H18N4O/c19-15-14-11-5-10-13(16(14)21-22-17(15)18(20)23)9-4-8-12-6-2-1-3-7-12/h1-3,5-7,10-11H,4,8-9H2,(H2,19,21)(H2,20,23). The number of aryl methyl sites for hydroxylation is 2. The summed E-state index contributed by atoms with van der Waals surface area (Å²) in [7, 11) is 0. The van der Waals surface area contributed by atoms with Crippen molar-refractivity contribution < 1.29 is 4.79 Å². The first-order valence-electron chi connectivity index (χ1n) is 7.54. The first kappa shape index (κ1) is 15.0. The van der Waals surface area contributed by atoms with Crippen molar-refractivity contribution in [2.45, 2.75) is 19.3 Å². The number of nitrogen functional groups attached to an aromatic ring is 1. The summed E-state index contributed by atoms with van der Waals surface area (Å²) in [6.07, 6.45) is 2.87. The zero-order chi connectivity index (χ0) is 16.2. The van der Waals surface area contributed by atoms with E-state index in [9.17, 15) is 4.79 Å². The number of primary amides is 1. The van der Waals surface area contributed by atoms with E-state index >= 15 is 0 Å². The largest absolute Gasteiger partial charge is 0.396 e. The molecule has 0 spiro atoms. The van der Waals surface area contributed by atoms with Crippen LogP contribution in [0.2, 0.25) is 0 Å². The van der Waals surface area contributed by atoms with Gasteiger partial charge in [-0.25, -0.2) is 0 Å². The van der Waals surface area contributed by atoms with Crippen LogP contribution in [0.15, 0.2) is 48.5 Å². The Kier molecular flexibility index (Phi) is 4.19. The van der Waals surface area contributed by atoms with Gasteiger partial charge in [-0.2, -0.15) is 0 Å². The monoisotopic (exact) mass is 306 g/mol. The van der Waals surface area contributed by atoms with Gasteiger partial charge in [0.1, 0.15) is 0 Å². The van der Waals surface area contributed by atoms with Crippen molar-refractivity contribution in [2.75, 3.05) is 5.73 Å². The summed E-state index contributed by atoms with van der Waals surface area (Å²) in [6, 6.07) is 16.1. The highest BCUT2D eigenvalue weighted by atomic mass is 16.1. The van der Waals surface area contributed by atoms with Gasteiger partial charge in [-0.1, -0.05) is 48.5 Å². The van der Waals surface area contributed by atoms with E-state index in [-0.39, 0.29) is 5.69 Å². The van der Waals surface area contributed by atoms with Gasteiger partial charge in [0.05, 0.1) is 11.2 Å². The zero-order valence-corrected chi connectivity index (χ0v) is 12.7. The zero-order valence-electron chi connectivity index (χ0n) is 12.7. The van der Waals surface area contributed by atoms with Gasteiger partial charge in [-0.05, 0) is 30.4 Å². The second kappa shape index (κ2) is 6.44. The number of nitrogens with two attached hydrogens (primary N) is 2. The van der Waals surface area contributed by atoms with Crippen molar-refractivity contribution in [3.8, 4) is 0 Å². The number of rotatable bonds is 5. The smallest absolute Gasteiger partial charge is 0.271 e. The van der Waals surface area contributed by atoms with Gasteiger partial charge in [-0.3, -0.25) is 4.79 Å². The minimum atomic E-state index is -0.661. The molecule has 116 valence electrons. The molecule has 3 aromatic rings. The summed E-state index contributed by atoms with van der Waals surface area (Å²) in [5.41, 5.74) is 14.7. The molecule has 0 fully saturated rings. The predicted molar refractivity (Wildman–Crippen MR) is 90.9 cm³/mol. The maximum atomic E-state index is 11.3. The number of nitrogens with zero attached hydrogens (tertiary/aromatic N) is 2. The van der Waals surface area contributed by atoms with Gasteiger partial charge in [0.15, 0.2) is 5.69 Å². The van der Waals surface area contributed by atoms with E-state index in [1.807, 2.05) is 36.4 Å². The molecule has 3 rings (SSSR count). The first-order chi connectivity index (χ1) is 11.2. The van der Waals surface area contributed by atoms with Crippen LogP contribution < -0.4 is 11.5 Å². The number of aromatic nitrogens is 2. The maximum absolute atomic E-state index is 11.3.